The van der Waals surface area contributed by atoms with E-state index in [-0.39, 0.29) is 11.6 Å². The lowest BCUT2D eigenvalue weighted by molar-refractivity contribution is 0.497. The van der Waals surface area contributed by atoms with Gasteiger partial charge in [0.1, 0.15) is 0 Å². The fourth-order valence-corrected chi connectivity index (χ4v) is 3.03. The Kier molecular flexibility index (Phi) is 3.33. The van der Waals surface area contributed by atoms with Crippen molar-refractivity contribution in [1.82, 2.24) is 19.7 Å². The molecule has 5 nitrogen and oxygen atoms in total. The molecular weight excluding hydrogens is 272 g/mol. The van der Waals surface area contributed by atoms with Crippen molar-refractivity contribution in [3.05, 3.63) is 32.4 Å². The Balaban J connectivity index is 2.27. The van der Waals surface area contributed by atoms with Crippen LogP contribution in [0.25, 0.3) is 11.4 Å². The Hall–Kier alpha value is -1.69. The van der Waals surface area contributed by atoms with Crippen LogP contribution in [0.4, 0.5) is 0 Å². The van der Waals surface area contributed by atoms with Crippen LogP contribution in [0, 0.1) is 4.77 Å². The first-order valence-electron chi connectivity index (χ1n) is 7.04. The van der Waals surface area contributed by atoms with E-state index in [0.29, 0.717) is 16.2 Å². The van der Waals surface area contributed by atoms with Crippen molar-refractivity contribution in [2.75, 3.05) is 0 Å². The summed E-state index contributed by atoms with van der Waals surface area (Å²) in [5, 5.41) is 5.64. The van der Waals surface area contributed by atoms with Gasteiger partial charge in [-0.2, -0.15) is 4.98 Å². The summed E-state index contributed by atoms with van der Waals surface area (Å²) in [5.41, 5.74) is 3.10. The molecule has 1 unspecified atom stereocenters. The largest absolute Gasteiger partial charge is 0.309 e. The zero-order valence-electron chi connectivity index (χ0n) is 11.7. The van der Waals surface area contributed by atoms with Crippen LogP contribution >= 0.6 is 12.2 Å². The number of H-pyrrole nitrogens is 2. The first-order chi connectivity index (χ1) is 9.61. The van der Waals surface area contributed by atoms with Crippen LogP contribution in [0.15, 0.2) is 10.9 Å². The molecule has 3 rings (SSSR count). The molecule has 20 heavy (non-hydrogen) atoms. The fourth-order valence-electron chi connectivity index (χ4n) is 2.89. The van der Waals surface area contributed by atoms with Gasteiger partial charge in [-0.05, 0) is 56.5 Å². The Bertz CT molecular complexity index is 755. The molecule has 0 bridgehead atoms. The molecular formula is C14H18N4OS. The van der Waals surface area contributed by atoms with Gasteiger partial charge >= 0.3 is 0 Å². The highest BCUT2D eigenvalue weighted by Crippen LogP contribution is 2.26. The van der Waals surface area contributed by atoms with Gasteiger partial charge in [-0.1, -0.05) is 6.92 Å². The van der Waals surface area contributed by atoms with Crippen LogP contribution in [-0.2, 0) is 12.8 Å². The van der Waals surface area contributed by atoms with Crippen LogP contribution in [0.5, 0.6) is 0 Å². The second kappa shape index (κ2) is 5.01. The predicted octanol–water partition coefficient (Wildman–Crippen LogP) is 2.76. The summed E-state index contributed by atoms with van der Waals surface area (Å²) in [6.45, 7) is 4.20. The Morgan fingerprint density at radius 3 is 2.90 bits per heavy atom. The van der Waals surface area contributed by atoms with Gasteiger partial charge in [-0.15, -0.1) is 0 Å². The van der Waals surface area contributed by atoms with Crippen LogP contribution < -0.4 is 5.56 Å². The lowest BCUT2D eigenvalue weighted by Crippen LogP contribution is -2.28. The molecule has 0 aliphatic heterocycles. The standard InChI is InChI=1S/C14H18N4OS/c1-3-8(2)18-11-6-4-5-9(11)7-10(13(18)19)12-15-14(20)17-16-12/h7-8H,3-6H2,1-2H3,(H2,15,16,17,20). The normalized spacial score (nSPS) is 15.3. The van der Waals surface area contributed by atoms with E-state index in [4.69, 9.17) is 12.2 Å². The van der Waals surface area contributed by atoms with Crippen LogP contribution in [0.3, 0.4) is 0 Å². The summed E-state index contributed by atoms with van der Waals surface area (Å²) in [6.07, 6.45) is 4.08. The van der Waals surface area contributed by atoms with Crippen molar-refractivity contribution in [2.45, 2.75) is 45.6 Å². The number of fused-ring (bicyclic) bond motifs is 1. The zero-order chi connectivity index (χ0) is 14.3. The molecule has 2 aromatic heterocycles. The number of nitrogens with one attached hydrogen (secondary N) is 2. The molecule has 1 aliphatic carbocycles. The first-order valence-corrected chi connectivity index (χ1v) is 7.45. The number of nitrogens with zero attached hydrogens (tertiary/aromatic N) is 2. The molecule has 0 radical (unpaired) electrons. The number of aromatic amines is 2. The average molecular weight is 290 g/mol. The topological polar surface area (TPSA) is 66.5 Å². The smallest absolute Gasteiger partial charge is 0.262 e. The van der Waals surface area contributed by atoms with Gasteiger partial charge in [-0.3, -0.25) is 15.0 Å². The summed E-state index contributed by atoms with van der Waals surface area (Å²) in [5.74, 6) is 0.534. The van der Waals surface area contributed by atoms with Crippen LogP contribution in [0.2, 0.25) is 0 Å². The number of aromatic nitrogens is 4. The van der Waals surface area contributed by atoms with Gasteiger partial charge in [0.25, 0.3) is 5.56 Å². The molecule has 2 N–H and O–H groups in total. The van der Waals surface area contributed by atoms with E-state index in [0.717, 1.165) is 25.7 Å². The third kappa shape index (κ3) is 2.04. The van der Waals surface area contributed by atoms with E-state index in [2.05, 4.69) is 29.0 Å². The number of hydrogen-bond donors (Lipinski definition) is 2. The monoisotopic (exact) mass is 290 g/mol. The Morgan fingerprint density at radius 2 is 2.25 bits per heavy atom. The summed E-state index contributed by atoms with van der Waals surface area (Å²) < 4.78 is 2.32. The van der Waals surface area contributed by atoms with Crippen LogP contribution in [-0.4, -0.2) is 19.7 Å². The minimum Gasteiger partial charge on any atom is -0.309 e. The minimum atomic E-state index is 0.0257. The molecule has 0 spiro atoms. The number of hydrogen-bond acceptors (Lipinski definition) is 3. The summed E-state index contributed by atoms with van der Waals surface area (Å²) in [6, 6.07) is 2.18. The maximum Gasteiger partial charge on any atom is 0.262 e. The van der Waals surface area contributed by atoms with E-state index in [1.807, 2.05) is 10.6 Å². The number of aryl methyl sites for hydroxylation is 1. The van der Waals surface area contributed by atoms with Crippen molar-refractivity contribution in [2.24, 2.45) is 0 Å². The highest BCUT2D eigenvalue weighted by Gasteiger charge is 2.22. The summed E-state index contributed by atoms with van der Waals surface area (Å²) in [4.78, 5) is 17.0. The van der Waals surface area contributed by atoms with Gasteiger partial charge < -0.3 is 4.57 Å². The van der Waals surface area contributed by atoms with E-state index in [9.17, 15) is 4.79 Å². The molecule has 2 heterocycles. The van der Waals surface area contributed by atoms with Gasteiger partial charge in [0.15, 0.2) is 5.82 Å². The lowest BCUT2D eigenvalue weighted by atomic mass is 10.1. The molecule has 6 heteroatoms. The van der Waals surface area contributed by atoms with Crippen LogP contribution in [0.1, 0.15) is 44.0 Å². The summed E-state index contributed by atoms with van der Waals surface area (Å²) in [7, 11) is 0. The highest BCUT2D eigenvalue weighted by atomic mass is 32.1. The van der Waals surface area contributed by atoms with E-state index in [1.165, 1.54) is 11.3 Å². The molecule has 2 aromatic rings. The number of rotatable bonds is 3. The van der Waals surface area contributed by atoms with Crippen molar-refractivity contribution < 1.29 is 0 Å². The number of pyridine rings is 1. The second-order valence-electron chi connectivity index (χ2n) is 5.33. The predicted molar refractivity (Wildman–Crippen MR) is 80.5 cm³/mol. The highest BCUT2D eigenvalue weighted by molar-refractivity contribution is 7.71. The molecule has 0 amide bonds. The quantitative estimate of drug-likeness (QED) is 0.854. The molecule has 0 saturated heterocycles. The third-order valence-electron chi connectivity index (χ3n) is 4.08. The fraction of sp³-hybridized carbons (Fsp3) is 0.500. The Labute approximate surface area is 122 Å². The van der Waals surface area contributed by atoms with Crippen molar-refractivity contribution in [3.63, 3.8) is 0 Å². The maximum atomic E-state index is 12.8. The third-order valence-corrected chi connectivity index (χ3v) is 4.27. The first kappa shape index (κ1) is 13.3. The van der Waals surface area contributed by atoms with E-state index >= 15 is 0 Å². The molecule has 1 aliphatic rings. The van der Waals surface area contributed by atoms with Gasteiger partial charge in [-0.25, -0.2) is 0 Å². The molecule has 0 saturated carbocycles. The Morgan fingerprint density at radius 1 is 1.45 bits per heavy atom. The molecule has 0 fully saturated rings. The summed E-state index contributed by atoms with van der Waals surface area (Å²) >= 11 is 4.98. The molecule has 106 valence electrons. The molecule has 1 atom stereocenters. The lowest BCUT2D eigenvalue weighted by Gasteiger charge is -2.19. The van der Waals surface area contributed by atoms with Crippen molar-refractivity contribution >= 4 is 12.2 Å². The van der Waals surface area contributed by atoms with Crippen molar-refractivity contribution in [3.8, 4) is 11.4 Å². The van der Waals surface area contributed by atoms with E-state index < -0.39 is 0 Å². The SMILES string of the molecule is CCC(C)n1c2c(cc(-c3nc(=S)[nH][nH]3)c1=O)CCC2. The van der Waals surface area contributed by atoms with Gasteiger partial charge in [0.05, 0.1) is 5.56 Å². The maximum absolute atomic E-state index is 12.8. The molecule has 0 aromatic carbocycles. The zero-order valence-corrected chi connectivity index (χ0v) is 12.5. The second-order valence-corrected chi connectivity index (χ2v) is 5.72. The van der Waals surface area contributed by atoms with E-state index in [1.54, 1.807) is 0 Å². The minimum absolute atomic E-state index is 0.0257. The average Bonchev–Trinajstić information content (AvgIpc) is 3.05. The van der Waals surface area contributed by atoms with Gasteiger partial charge in [0.2, 0.25) is 4.77 Å². The van der Waals surface area contributed by atoms with Crippen molar-refractivity contribution in [1.29, 1.82) is 0 Å². The van der Waals surface area contributed by atoms with Gasteiger partial charge in [0, 0.05) is 11.7 Å².